The van der Waals surface area contributed by atoms with Crippen molar-refractivity contribution < 1.29 is 4.21 Å². The van der Waals surface area contributed by atoms with Crippen LogP contribution in [0, 0.1) is 6.92 Å². The molecule has 3 nitrogen and oxygen atoms in total. The van der Waals surface area contributed by atoms with E-state index in [0.717, 1.165) is 22.0 Å². The van der Waals surface area contributed by atoms with E-state index in [0.29, 0.717) is 5.75 Å². The summed E-state index contributed by atoms with van der Waals surface area (Å²) in [6.07, 6.45) is 5.96. The number of rotatable bonds is 4. The minimum absolute atomic E-state index is 0.599. The quantitative estimate of drug-likeness (QED) is 0.827. The van der Waals surface area contributed by atoms with Crippen LogP contribution in [0.5, 0.6) is 0 Å². The molecule has 0 fully saturated rings. The third-order valence-corrected chi connectivity index (χ3v) is 3.42. The van der Waals surface area contributed by atoms with Gasteiger partial charge in [-0.15, -0.1) is 0 Å². The molecule has 0 spiro atoms. The summed E-state index contributed by atoms with van der Waals surface area (Å²) in [5, 5.41) is 2.20. The first-order valence-corrected chi connectivity index (χ1v) is 7.07. The molecule has 2 N–H and O–H groups in total. The summed E-state index contributed by atoms with van der Waals surface area (Å²) < 4.78 is 14.4. The largest absolute Gasteiger partial charge is 0.359 e. The third kappa shape index (κ3) is 3.89. The van der Waals surface area contributed by atoms with Crippen molar-refractivity contribution in [1.82, 2.24) is 9.71 Å². The maximum absolute atomic E-state index is 11.5. The summed E-state index contributed by atoms with van der Waals surface area (Å²) in [5.74, 6) is 0.599. The monoisotopic (exact) mass is 252 g/mol. The predicted octanol–water partition coefficient (Wildman–Crippen LogP) is 1.08. The minimum Gasteiger partial charge on any atom is -0.359 e. The number of allylic oxidation sites excluding steroid dienone is 2. The molecule has 0 radical (unpaired) electrons. The van der Waals surface area contributed by atoms with E-state index in [1.807, 2.05) is 39.8 Å². The van der Waals surface area contributed by atoms with Crippen molar-refractivity contribution in [3.05, 3.63) is 34.1 Å². The number of aryl methyl sites for hydroxylation is 1. The van der Waals surface area contributed by atoms with Crippen molar-refractivity contribution >= 4 is 23.1 Å². The first-order valence-electron chi connectivity index (χ1n) is 5.75. The average Bonchev–Trinajstić information content (AvgIpc) is 2.68. The van der Waals surface area contributed by atoms with Crippen molar-refractivity contribution in [2.75, 3.05) is 5.75 Å². The number of nitrogens with one attached hydrogen (secondary N) is 2. The van der Waals surface area contributed by atoms with Gasteiger partial charge < -0.3 is 9.71 Å². The molecule has 0 amide bonds. The lowest BCUT2D eigenvalue weighted by Gasteiger charge is -2.03. The molecular weight excluding hydrogens is 232 g/mol. The number of aromatic amines is 1. The number of hydrogen-bond donors (Lipinski definition) is 2. The molecule has 0 aliphatic carbocycles. The highest BCUT2D eigenvalue weighted by Gasteiger charge is 1.97. The van der Waals surface area contributed by atoms with Crippen molar-refractivity contribution in [2.24, 2.45) is 0 Å². The Morgan fingerprint density at radius 2 is 2.24 bits per heavy atom. The van der Waals surface area contributed by atoms with E-state index in [1.165, 1.54) is 0 Å². The maximum atomic E-state index is 11.5. The second-order valence-electron chi connectivity index (χ2n) is 3.73. The van der Waals surface area contributed by atoms with Crippen LogP contribution in [0.25, 0.3) is 12.2 Å². The second-order valence-corrected chi connectivity index (χ2v) is 5.21. The molecule has 0 saturated heterocycles. The molecule has 4 heteroatoms. The zero-order valence-electron chi connectivity index (χ0n) is 10.8. The lowest BCUT2D eigenvalue weighted by atomic mass is 10.3. The van der Waals surface area contributed by atoms with Crippen LogP contribution in [-0.4, -0.2) is 14.9 Å². The van der Waals surface area contributed by atoms with Gasteiger partial charge in [0, 0.05) is 22.5 Å². The zero-order chi connectivity index (χ0) is 12.8. The summed E-state index contributed by atoms with van der Waals surface area (Å²) in [6.45, 7) is 7.85. The van der Waals surface area contributed by atoms with E-state index in [4.69, 9.17) is 0 Å². The Morgan fingerprint density at radius 3 is 2.76 bits per heavy atom. The molecule has 1 aromatic rings. The molecule has 1 atom stereocenters. The minimum atomic E-state index is -1.01. The van der Waals surface area contributed by atoms with Crippen LogP contribution in [-0.2, 0) is 11.0 Å². The van der Waals surface area contributed by atoms with Crippen LogP contribution in [0.2, 0.25) is 0 Å². The summed E-state index contributed by atoms with van der Waals surface area (Å²) in [7, 11) is -1.01. The molecule has 0 saturated carbocycles. The van der Waals surface area contributed by atoms with Gasteiger partial charge in [-0.3, -0.25) is 0 Å². The van der Waals surface area contributed by atoms with E-state index in [-0.39, 0.29) is 0 Å². The Kier molecular flexibility index (Phi) is 5.22. The smallest absolute Gasteiger partial charge is 0.116 e. The highest BCUT2D eigenvalue weighted by Crippen LogP contribution is 1.92. The average molecular weight is 252 g/mol. The highest BCUT2D eigenvalue weighted by molar-refractivity contribution is 7.83. The van der Waals surface area contributed by atoms with E-state index in [9.17, 15) is 4.21 Å². The van der Waals surface area contributed by atoms with Gasteiger partial charge in [-0.25, -0.2) is 4.21 Å². The molecule has 1 heterocycles. The number of H-pyrrole nitrogens is 1. The summed E-state index contributed by atoms with van der Waals surface area (Å²) in [5.41, 5.74) is 1.99. The van der Waals surface area contributed by atoms with Crippen LogP contribution in [0.4, 0.5) is 0 Å². The number of aromatic nitrogens is 1. The van der Waals surface area contributed by atoms with E-state index in [2.05, 4.69) is 21.8 Å². The number of hydrogen-bond acceptors (Lipinski definition) is 1. The Labute approximate surface area is 105 Å². The van der Waals surface area contributed by atoms with Crippen LogP contribution in [0.1, 0.15) is 26.5 Å². The van der Waals surface area contributed by atoms with Crippen molar-refractivity contribution in [2.45, 2.75) is 27.7 Å². The lowest BCUT2D eigenvalue weighted by molar-refractivity contribution is 0.679. The van der Waals surface area contributed by atoms with Gasteiger partial charge >= 0.3 is 0 Å². The fraction of sp³-hybridized carbons (Fsp3) is 0.385. The molecule has 0 aliphatic rings. The second kappa shape index (κ2) is 6.45. The van der Waals surface area contributed by atoms with Gasteiger partial charge in [0.15, 0.2) is 0 Å². The Hall–Kier alpha value is -1.29. The standard InChI is InChI=1S/C13H20N2OS/c1-5-11-8-10(4)14-13(11)9-12(6-2)15-17(16)7-3/h5-6,8-9,14-15H,7H2,1-4H3/b11-5-,12-6-,13-9+. The molecule has 1 rings (SSSR count). The topological polar surface area (TPSA) is 44.9 Å². The van der Waals surface area contributed by atoms with Crippen LogP contribution in [0.15, 0.2) is 17.8 Å². The van der Waals surface area contributed by atoms with Gasteiger partial charge in [0.25, 0.3) is 0 Å². The molecule has 17 heavy (non-hydrogen) atoms. The Bertz CT molecular complexity index is 540. The third-order valence-electron chi connectivity index (χ3n) is 2.43. The predicted molar refractivity (Wildman–Crippen MR) is 75.0 cm³/mol. The van der Waals surface area contributed by atoms with E-state index >= 15 is 0 Å². The van der Waals surface area contributed by atoms with Crippen LogP contribution < -0.4 is 15.3 Å². The SMILES string of the molecule is C/C=C(/C=c1/[nH]c(C)c/c1=C/C)NS(=O)CC. The van der Waals surface area contributed by atoms with Gasteiger partial charge in [-0.05, 0) is 38.1 Å². The van der Waals surface area contributed by atoms with Gasteiger partial charge in [-0.1, -0.05) is 19.1 Å². The summed E-state index contributed by atoms with van der Waals surface area (Å²) in [6, 6.07) is 2.09. The molecule has 0 aromatic carbocycles. The molecule has 1 aromatic heterocycles. The van der Waals surface area contributed by atoms with Crippen LogP contribution >= 0.6 is 0 Å². The van der Waals surface area contributed by atoms with Crippen LogP contribution in [0.3, 0.4) is 0 Å². The van der Waals surface area contributed by atoms with Gasteiger partial charge in [0.1, 0.15) is 11.0 Å². The van der Waals surface area contributed by atoms with E-state index < -0.39 is 11.0 Å². The molecule has 1 unspecified atom stereocenters. The fourth-order valence-electron chi connectivity index (χ4n) is 1.52. The summed E-state index contributed by atoms with van der Waals surface area (Å²) >= 11 is 0. The molecule has 94 valence electrons. The lowest BCUT2D eigenvalue weighted by Crippen LogP contribution is -2.25. The van der Waals surface area contributed by atoms with Gasteiger partial charge in [0.05, 0.1) is 0 Å². The molecule has 0 bridgehead atoms. The van der Waals surface area contributed by atoms with Crippen molar-refractivity contribution in [3.8, 4) is 0 Å². The fourth-order valence-corrected chi connectivity index (χ4v) is 2.10. The maximum Gasteiger partial charge on any atom is 0.116 e. The van der Waals surface area contributed by atoms with E-state index in [1.54, 1.807) is 0 Å². The normalized spacial score (nSPS) is 16.4. The van der Waals surface area contributed by atoms with Gasteiger partial charge in [0.2, 0.25) is 0 Å². The highest BCUT2D eigenvalue weighted by atomic mass is 32.2. The van der Waals surface area contributed by atoms with Crippen molar-refractivity contribution in [1.29, 1.82) is 0 Å². The Morgan fingerprint density at radius 1 is 1.53 bits per heavy atom. The zero-order valence-corrected chi connectivity index (χ0v) is 11.6. The van der Waals surface area contributed by atoms with Gasteiger partial charge in [-0.2, -0.15) is 0 Å². The summed E-state index contributed by atoms with van der Waals surface area (Å²) in [4.78, 5) is 3.29. The first-order chi connectivity index (χ1) is 8.10. The molecule has 0 aliphatic heterocycles. The first kappa shape index (κ1) is 13.8. The Balaban J connectivity index is 3.12. The molecular formula is C13H20N2OS. The van der Waals surface area contributed by atoms with Crippen molar-refractivity contribution in [3.63, 3.8) is 0 Å².